The van der Waals surface area contributed by atoms with Crippen molar-refractivity contribution >= 4 is 16.8 Å². The van der Waals surface area contributed by atoms with E-state index in [4.69, 9.17) is 5.73 Å². The second-order valence-corrected chi connectivity index (χ2v) is 3.76. The Morgan fingerprint density at radius 1 is 1.00 bits per heavy atom. The summed E-state index contributed by atoms with van der Waals surface area (Å²) in [5.74, 6) is 0. The van der Waals surface area contributed by atoms with Gasteiger partial charge in [-0.05, 0) is 28.0 Å². The average molecular weight is 181 g/mol. The number of rotatable bonds is 0. The van der Waals surface area contributed by atoms with Gasteiger partial charge in [0.2, 0.25) is 0 Å². The largest absolute Gasteiger partial charge is 0.402 e. The lowest BCUT2D eigenvalue weighted by atomic mass is 9.92. The van der Waals surface area contributed by atoms with Crippen molar-refractivity contribution in [2.75, 3.05) is 0 Å². The summed E-state index contributed by atoms with van der Waals surface area (Å²) in [6, 6.07) is 12.8. The number of hydrogen-bond acceptors (Lipinski definition) is 1. The van der Waals surface area contributed by atoms with E-state index in [1.54, 1.807) is 0 Å². The maximum absolute atomic E-state index is 5.89. The Labute approximate surface area is 82.9 Å². The number of allylic oxidation sites excluding steroid dienone is 1. The third-order valence-corrected chi connectivity index (χ3v) is 2.76. The number of hydrogen-bond donors (Lipinski definition) is 1. The Morgan fingerprint density at radius 3 is 2.64 bits per heavy atom. The van der Waals surface area contributed by atoms with Gasteiger partial charge in [-0.2, -0.15) is 0 Å². The molecule has 0 saturated carbocycles. The molecule has 2 N–H and O–H groups in total. The maximum atomic E-state index is 5.89. The fourth-order valence-electron chi connectivity index (χ4n) is 2.19. The van der Waals surface area contributed by atoms with Gasteiger partial charge in [0.25, 0.3) is 0 Å². The molecule has 14 heavy (non-hydrogen) atoms. The van der Waals surface area contributed by atoms with Gasteiger partial charge in [0, 0.05) is 12.1 Å². The first kappa shape index (κ1) is 7.63. The topological polar surface area (TPSA) is 26.0 Å². The lowest BCUT2D eigenvalue weighted by Gasteiger charge is -2.15. The van der Waals surface area contributed by atoms with Crippen molar-refractivity contribution in [1.29, 1.82) is 0 Å². The summed E-state index contributed by atoms with van der Waals surface area (Å²) in [6.07, 6.45) is 2.96. The first-order valence-corrected chi connectivity index (χ1v) is 4.81. The number of nitrogens with two attached hydrogens (primary N) is 1. The third kappa shape index (κ3) is 0.956. The van der Waals surface area contributed by atoms with Crippen LogP contribution in [0.4, 0.5) is 0 Å². The second-order valence-electron chi connectivity index (χ2n) is 3.76. The Hall–Kier alpha value is -1.76. The van der Waals surface area contributed by atoms with E-state index in [0.29, 0.717) is 0 Å². The lowest BCUT2D eigenvalue weighted by Crippen LogP contribution is -2.05. The third-order valence-electron chi connectivity index (χ3n) is 2.76. The average Bonchev–Trinajstić information content (AvgIpc) is 2.18. The van der Waals surface area contributed by atoms with Gasteiger partial charge >= 0.3 is 0 Å². The molecule has 1 heteroatoms. The summed E-state index contributed by atoms with van der Waals surface area (Å²) < 4.78 is 0. The van der Waals surface area contributed by atoms with Gasteiger partial charge in [-0.1, -0.05) is 36.4 Å². The molecule has 2 aromatic rings. The second kappa shape index (κ2) is 2.61. The van der Waals surface area contributed by atoms with E-state index in [2.05, 4.69) is 42.5 Å². The Kier molecular flexibility index (Phi) is 1.42. The van der Waals surface area contributed by atoms with Crippen LogP contribution < -0.4 is 5.73 Å². The van der Waals surface area contributed by atoms with Crippen LogP contribution in [0.3, 0.4) is 0 Å². The fourth-order valence-corrected chi connectivity index (χ4v) is 2.19. The summed E-state index contributed by atoms with van der Waals surface area (Å²) in [5.41, 5.74) is 9.44. The molecule has 3 rings (SSSR count). The van der Waals surface area contributed by atoms with E-state index in [0.717, 1.165) is 12.1 Å². The molecule has 2 aromatic carbocycles. The molecular formula is C13H11N. The molecule has 0 heterocycles. The molecule has 0 atom stereocenters. The van der Waals surface area contributed by atoms with Gasteiger partial charge in [-0.15, -0.1) is 0 Å². The van der Waals surface area contributed by atoms with Gasteiger partial charge in [0.05, 0.1) is 0 Å². The Bertz CT molecular complexity index is 533. The van der Waals surface area contributed by atoms with Gasteiger partial charge < -0.3 is 5.73 Å². The zero-order chi connectivity index (χ0) is 9.54. The molecule has 1 nitrogen and oxygen atoms in total. The first-order valence-electron chi connectivity index (χ1n) is 4.81. The predicted molar refractivity (Wildman–Crippen MR) is 59.8 cm³/mol. The summed E-state index contributed by atoms with van der Waals surface area (Å²) in [4.78, 5) is 0. The molecule has 0 radical (unpaired) electrons. The lowest BCUT2D eigenvalue weighted by molar-refractivity contribution is 1.13. The van der Waals surface area contributed by atoms with Crippen LogP contribution in [0.5, 0.6) is 0 Å². The standard InChI is InChI=1S/C13H11N/c14-12-7-10-5-1-3-9-4-2-6-11(8-12)13(9)10/h1-7H,8,14H2. The monoisotopic (exact) mass is 181 g/mol. The Balaban J connectivity index is 2.50. The van der Waals surface area contributed by atoms with Crippen molar-refractivity contribution in [2.45, 2.75) is 6.42 Å². The number of benzene rings is 2. The molecule has 0 saturated heterocycles. The molecule has 0 amide bonds. The van der Waals surface area contributed by atoms with Crippen LogP contribution in [0.25, 0.3) is 16.8 Å². The molecule has 0 spiro atoms. The van der Waals surface area contributed by atoms with E-state index in [9.17, 15) is 0 Å². The minimum absolute atomic E-state index is 0.883. The molecule has 0 fully saturated rings. The Morgan fingerprint density at radius 2 is 1.79 bits per heavy atom. The molecule has 0 aromatic heterocycles. The zero-order valence-corrected chi connectivity index (χ0v) is 7.83. The van der Waals surface area contributed by atoms with Crippen molar-refractivity contribution in [3.63, 3.8) is 0 Å². The van der Waals surface area contributed by atoms with Gasteiger partial charge in [0.1, 0.15) is 0 Å². The molecule has 0 unspecified atom stereocenters. The van der Waals surface area contributed by atoms with E-state index in [-0.39, 0.29) is 0 Å². The van der Waals surface area contributed by atoms with Crippen LogP contribution in [-0.2, 0) is 6.42 Å². The molecular weight excluding hydrogens is 170 g/mol. The van der Waals surface area contributed by atoms with Crippen LogP contribution in [0.15, 0.2) is 42.1 Å². The zero-order valence-electron chi connectivity index (χ0n) is 7.83. The molecule has 1 aliphatic rings. The fraction of sp³-hybridized carbons (Fsp3) is 0.0769. The molecule has 1 aliphatic carbocycles. The van der Waals surface area contributed by atoms with Crippen molar-refractivity contribution in [3.05, 3.63) is 53.2 Å². The van der Waals surface area contributed by atoms with Gasteiger partial charge in [0.15, 0.2) is 0 Å². The van der Waals surface area contributed by atoms with Crippen LogP contribution in [0, 0.1) is 0 Å². The quantitative estimate of drug-likeness (QED) is 0.664. The smallest absolute Gasteiger partial charge is 0.0131 e. The minimum atomic E-state index is 0.883. The van der Waals surface area contributed by atoms with Crippen LogP contribution in [-0.4, -0.2) is 0 Å². The molecule has 0 aliphatic heterocycles. The predicted octanol–water partition coefficient (Wildman–Crippen LogP) is 2.70. The van der Waals surface area contributed by atoms with E-state index in [1.165, 1.54) is 21.9 Å². The normalized spacial score (nSPS) is 14.1. The summed E-state index contributed by atoms with van der Waals surface area (Å²) in [6.45, 7) is 0. The van der Waals surface area contributed by atoms with E-state index >= 15 is 0 Å². The van der Waals surface area contributed by atoms with E-state index < -0.39 is 0 Å². The highest BCUT2D eigenvalue weighted by atomic mass is 14.6. The summed E-state index contributed by atoms with van der Waals surface area (Å²) >= 11 is 0. The SMILES string of the molecule is NC1=Cc2cccc3cccc(c23)C1. The van der Waals surface area contributed by atoms with Crippen molar-refractivity contribution in [2.24, 2.45) is 5.73 Å². The van der Waals surface area contributed by atoms with Crippen molar-refractivity contribution in [1.82, 2.24) is 0 Å². The van der Waals surface area contributed by atoms with E-state index in [1.807, 2.05) is 0 Å². The summed E-state index contributed by atoms with van der Waals surface area (Å²) in [5, 5.41) is 2.67. The maximum Gasteiger partial charge on any atom is 0.0131 e. The van der Waals surface area contributed by atoms with Crippen molar-refractivity contribution in [3.8, 4) is 0 Å². The van der Waals surface area contributed by atoms with Gasteiger partial charge in [-0.25, -0.2) is 0 Å². The molecule has 0 bridgehead atoms. The van der Waals surface area contributed by atoms with Crippen LogP contribution in [0.2, 0.25) is 0 Å². The minimum Gasteiger partial charge on any atom is -0.402 e. The highest BCUT2D eigenvalue weighted by molar-refractivity contribution is 5.95. The first-order chi connectivity index (χ1) is 6.84. The molecule has 68 valence electrons. The van der Waals surface area contributed by atoms with Gasteiger partial charge in [-0.3, -0.25) is 0 Å². The van der Waals surface area contributed by atoms with Crippen molar-refractivity contribution < 1.29 is 0 Å². The van der Waals surface area contributed by atoms with Crippen LogP contribution in [0.1, 0.15) is 11.1 Å². The highest BCUT2D eigenvalue weighted by Crippen LogP contribution is 2.29. The highest BCUT2D eigenvalue weighted by Gasteiger charge is 2.10. The summed E-state index contributed by atoms with van der Waals surface area (Å²) in [7, 11) is 0. The van der Waals surface area contributed by atoms with Crippen LogP contribution >= 0.6 is 0 Å².